The summed E-state index contributed by atoms with van der Waals surface area (Å²) in [5, 5.41) is 26.0. The van der Waals surface area contributed by atoms with Gasteiger partial charge in [-0.15, -0.1) is 0 Å². The van der Waals surface area contributed by atoms with E-state index in [1.807, 2.05) is 12.1 Å². The van der Waals surface area contributed by atoms with Crippen LogP contribution in [0.5, 0.6) is 0 Å². The van der Waals surface area contributed by atoms with Gasteiger partial charge in [0.2, 0.25) is 5.95 Å². The number of rotatable bonds is 4. The molecule has 1 aliphatic heterocycles. The third-order valence-electron chi connectivity index (χ3n) is 4.83. The number of ketones is 1. The molecule has 1 aromatic heterocycles. The van der Waals surface area contributed by atoms with E-state index >= 15 is 0 Å². The quantitative estimate of drug-likeness (QED) is 0.876. The number of aromatic nitrogens is 3. The highest BCUT2D eigenvalue weighted by Crippen LogP contribution is 2.39. The maximum Gasteiger partial charge on any atom is 0.226 e. The zero-order valence-electron chi connectivity index (χ0n) is 14.3. The maximum absolute atomic E-state index is 12.7. The summed E-state index contributed by atoms with van der Waals surface area (Å²) >= 11 is 0. The summed E-state index contributed by atoms with van der Waals surface area (Å²) in [6.07, 6.45) is 3.35. The minimum absolute atomic E-state index is 0.0869. The Morgan fingerprint density at radius 3 is 2.85 bits per heavy atom. The number of nitrogens with zero attached hydrogens (tertiary/aromatic N) is 4. The molecule has 1 unspecified atom stereocenters. The highest BCUT2D eigenvalue weighted by molar-refractivity contribution is 5.99. The molecule has 0 fully saturated rings. The van der Waals surface area contributed by atoms with Crippen molar-refractivity contribution < 1.29 is 9.90 Å². The topological polar surface area (TPSA) is 104 Å². The largest absolute Gasteiger partial charge is 0.396 e. The molecule has 0 saturated carbocycles. The number of benzene rings is 1. The lowest BCUT2D eigenvalue weighted by atomic mass is 9.85. The number of hydrogen-bond donors (Lipinski definition) is 2. The first kappa shape index (κ1) is 16.5. The minimum Gasteiger partial charge on any atom is -0.396 e. The number of aliphatic hydroxyl groups excluding tert-OH is 1. The van der Waals surface area contributed by atoms with Crippen molar-refractivity contribution in [2.75, 3.05) is 11.9 Å². The molecule has 7 heteroatoms. The molecule has 2 heterocycles. The number of aliphatic hydroxyl groups is 1. The Labute approximate surface area is 151 Å². The standard InChI is InChI=1S/C19H19N5O2/c20-11-12-6-8-13(9-7-12)18-17-14(3-1-4-15(17)26)21-19-22-16(5-2-10-25)23-24(18)19/h6-9,18,25H,1-5,10H2,(H,21,22,23). The smallest absolute Gasteiger partial charge is 0.226 e. The SMILES string of the molecule is N#Cc1ccc(C2C3=C(CCCC3=O)Nc3nc(CCCO)nn32)cc1. The van der Waals surface area contributed by atoms with Crippen LogP contribution in [0.25, 0.3) is 0 Å². The van der Waals surface area contributed by atoms with E-state index in [2.05, 4.69) is 21.5 Å². The summed E-state index contributed by atoms with van der Waals surface area (Å²) in [6, 6.07) is 9.05. The zero-order valence-corrected chi connectivity index (χ0v) is 14.3. The van der Waals surface area contributed by atoms with E-state index in [9.17, 15) is 4.79 Å². The van der Waals surface area contributed by atoms with Gasteiger partial charge in [0, 0.05) is 30.7 Å². The summed E-state index contributed by atoms with van der Waals surface area (Å²) in [5.41, 5.74) is 3.15. The number of carbonyl (C=O) groups excluding carboxylic acids is 1. The van der Waals surface area contributed by atoms with Crippen molar-refractivity contribution in [1.82, 2.24) is 14.8 Å². The molecule has 1 atom stereocenters. The van der Waals surface area contributed by atoms with Crippen molar-refractivity contribution in [3.05, 3.63) is 52.5 Å². The molecule has 0 saturated heterocycles. The van der Waals surface area contributed by atoms with Crippen LogP contribution in [0.3, 0.4) is 0 Å². The van der Waals surface area contributed by atoms with Gasteiger partial charge in [-0.2, -0.15) is 15.3 Å². The molecule has 1 aliphatic carbocycles. The summed E-state index contributed by atoms with van der Waals surface area (Å²) in [7, 11) is 0. The first-order chi connectivity index (χ1) is 12.7. The fourth-order valence-electron chi connectivity index (χ4n) is 3.59. The molecule has 132 valence electrons. The first-order valence-electron chi connectivity index (χ1n) is 8.81. The molecule has 0 bridgehead atoms. The molecule has 4 rings (SSSR count). The van der Waals surface area contributed by atoms with Crippen molar-refractivity contribution in [2.24, 2.45) is 0 Å². The number of anilines is 1. The van der Waals surface area contributed by atoms with Gasteiger partial charge in [-0.05, 0) is 37.0 Å². The van der Waals surface area contributed by atoms with Gasteiger partial charge in [0.1, 0.15) is 6.04 Å². The highest BCUT2D eigenvalue weighted by atomic mass is 16.2. The van der Waals surface area contributed by atoms with Gasteiger partial charge >= 0.3 is 0 Å². The first-order valence-corrected chi connectivity index (χ1v) is 8.81. The van der Waals surface area contributed by atoms with Gasteiger partial charge in [0.25, 0.3) is 0 Å². The number of allylic oxidation sites excluding steroid dienone is 2. The van der Waals surface area contributed by atoms with Gasteiger partial charge in [0.05, 0.1) is 11.6 Å². The maximum atomic E-state index is 12.7. The van der Waals surface area contributed by atoms with Gasteiger partial charge in [-0.1, -0.05) is 12.1 Å². The van der Waals surface area contributed by atoms with Crippen LogP contribution in [0.1, 0.15) is 48.7 Å². The van der Waals surface area contributed by atoms with Crippen LogP contribution in [0.15, 0.2) is 35.5 Å². The van der Waals surface area contributed by atoms with Crippen LogP contribution in [0.4, 0.5) is 5.95 Å². The van der Waals surface area contributed by atoms with Crippen LogP contribution < -0.4 is 5.32 Å². The monoisotopic (exact) mass is 349 g/mol. The van der Waals surface area contributed by atoms with E-state index in [-0.39, 0.29) is 18.4 Å². The van der Waals surface area contributed by atoms with E-state index in [0.717, 1.165) is 29.7 Å². The molecule has 26 heavy (non-hydrogen) atoms. The summed E-state index contributed by atoms with van der Waals surface area (Å²) < 4.78 is 1.76. The predicted octanol–water partition coefficient (Wildman–Crippen LogP) is 2.10. The van der Waals surface area contributed by atoms with Crippen LogP contribution in [-0.4, -0.2) is 32.3 Å². The zero-order chi connectivity index (χ0) is 18.1. The van der Waals surface area contributed by atoms with E-state index in [1.165, 1.54) is 0 Å². The lowest BCUT2D eigenvalue weighted by molar-refractivity contribution is -0.116. The van der Waals surface area contributed by atoms with Gasteiger partial charge in [0.15, 0.2) is 11.6 Å². The normalized spacial score (nSPS) is 18.8. The van der Waals surface area contributed by atoms with Crippen LogP contribution in [-0.2, 0) is 11.2 Å². The fraction of sp³-hybridized carbons (Fsp3) is 0.368. The van der Waals surface area contributed by atoms with Gasteiger partial charge in [-0.3, -0.25) is 4.79 Å². The molecule has 2 aromatic rings. The van der Waals surface area contributed by atoms with Crippen LogP contribution >= 0.6 is 0 Å². The number of nitrogens with one attached hydrogen (secondary N) is 1. The van der Waals surface area contributed by atoms with Crippen molar-refractivity contribution in [3.8, 4) is 6.07 Å². The third-order valence-corrected chi connectivity index (χ3v) is 4.83. The third kappa shape index (κ3) is 2.78. The molecule has 1 aromatic carbocycles. The molecular weight excluding hydrogens is 330 g/mol. The van der Waals surface area contributed by atoms with E-state index in [4.69, 9.17) is 10.4 Å². The van der Waals surface area contributed by atoms with Crippen molar-refractivity contribution in [1.29, 1.82) is 5.26 Å². The lowest BCUT2D eigenvalue weighted by Crippen LogP contribution is -2.31. The molecule has 0 spiro atoms. The van der Waals surface area contributed by atoms with E-state index in [1.54, 1.807) is 16.8 Å². The Kier molecular flexibility index (Phi) is 4.27. The number of nitriles is 1. The van der Waals surface area contributed by atoms with Gasteiger partial charge in [-0.25, -0.2) is 4.68 Å². The van der Waals surface area contributed by atoms with E-state index < -0.39 is 0 Å². The Hall–Kier alpha value is -2.98. The van der Waals surface area contributed by atoms with Gasteiger partial charge < -0.3 is 10.4 Å². The minimum atomic E-state index is -0.336. The lowest BCUT2D eigenvalue weighted by Gasteiger charge is -2.32. The Morgan fingerprint density at radius 2 is 2.12 bits per heavy atom. The number of Topliss-reactive ketones (excluding diaryl/α,β-unsaturated/α-hetero) is 1. The summed E-state index contributed by atoms with van der Waals surface area (Å²) in [4.78, 5) is 17.2. The second-order valence-electron chi connectivity index (χ2n) is 6.55. The molecule has 2 aliphatic rings. The van der Waals surface area contributed by atoms with Crippen LogP contribution in [0, 0.1) is 11.3 Å². The Morgan fingerprint density at radius 1 is 1.31 bits per heavy atom. The number of carbonyl (C=O) groups is 1. The van der Waals surface area contributed by atoms with Crippen LogP contribution in [0.2, 0.25) is 0 Å². The average Bonchev–Trinajstić information content (AvgIpc) is 3.07. The molecule has 0 amide bonds. The Bertz CT molecular complexity index is 920. The molecule has 0 radical (unpaired) electrons. The molecule has 7 nitrogen and oxygen atoms in total. The van der Waals surface area contributed by atoms with Crippen molar-refractivity contribution in [2.45, 2.75) is 38.1 Å². The second kappa shape index (κ2) is 6.73. The highest BCUT2D eigenvalue weighted by Gasteiger charge is 2.36. The predicted molar refractivity (Wildman–Crippen MR) is 94.2 cm³/mol. The molecular formula is C19H19N5O2. The van der Waals surface area contributed by atoms with Crippen molar-refractivity contribution >= 4 is 11.7 Å². The average molecular weight is 349 g/mol. The second-order valence-corrected chi connectivity index (χ2v) is 6.55. The molecule has 2 N–H and O–H groups in total. The van der Waals surface area contributed by atoms with Crippen molar-refractivity contribution in [3.63, 3.8) is 0 Å². The summed E-state index contributed by atoms with van der Waals surface area (Å²) in [5.74, 6) is 1.40. The number of aryl methyl sites for hydroxylation is 1. The summed E-state index contributed by atoms with van der Waals surface area (Å²) in [6.45, 7) is 0.0869. The van der Waals surface area contributed by atoms with E-state index in [0.29, 0.717) is 36.6 Å². The fourth-order valence-corrected chi connectivity index (χ4v) is 3.59. The number of fused-ring (bicyclic) bond motifs is 1. The Balaban J connectivity index is 1.81. The number of hydrogen-bond acceptors (Lipinski definition) is 6.